The summed E-state index contributed by atoms with van der Waals surface area (Å²) in [6.07, 6.45) is -3.85. The maximum absolute atomic E-state index is 12.6. The average molecular weight is 408 g/mol. The first kappa shape index (κ1) is 21.5. The Kier molecular flexibility index (Phi) is 7.01. The number of carbonyl (C=O) groups excluding carboxylic acids is 2. The Bertz CT molecular complexity index is 945. The molecule has 8 nitrogen and oxygen atoms in total. The Morgan fingerprint density at radius 2 is 1.76 bits per heavy atom. The number of amides is 2. The van der Waals surface area contributed by atoms with Gasteiger partial charge >= 0.3 is 6.18 Å². The molecule has 0 radical (unpaired) electrons. The average Bonchev–Trinajstić information content (AvgIpc) is 2.66. The van der Waals surface area contributed by atoms with Crippen LogP contribution in [0.1, 0.15) is 24.0 Å². The number of nitrogens with zero attached hydrogens (tertiary/aromatic N) is 2. The Morgan fingerprint density at radius 1 is 1.07 bits per heavy atom. The SMILES string of the molecule is O=C(CCC(=O)Nc1cccc(C(F)(F)F)c1)NN=Cc1cccc([N+](=O)[O-])c1. The van der Waals surface area contributed by atoms with Gasteiger partial charge in [-0.3, -0.25) is 19.7 Å². The number of hydrogen-bond acceptors (Lipinski definition) is 5. The van der Waals surface area contributed by atoms with Gasteiger partial charge in [0.2, 0.25) is 11.8 Å². The smallest absolute Gasteiger partial charge is 0.326 e. The van der Waals surface area contributed by atoms with Crippen molar-refractivity contribution in [2.24, 2.45) is 5.10 Å². The minimum Gasteiger partial charge on any atom is -0.326 e. The Hall–Kier alpha value is -3.76. The second-order valence-electron chi connectivity index (χ2n) is 5.77. The number of nitro groups is 1. The molecule has 0 spiro atoms. The summed E-state index contributed by atoms with van der Waals surface area (Å²) in [4.78, 5) is 33.6. The molecule has 0 aliphatic carbocycles. The molecule has 0 aliphatic rings. The van der Waals surface area contributed by atoms with Crippen LogP contribution in [0.25, 0.3) is 0 Å². The quantitative estimate of drug-likeness (QED) is 0.415. The number of nitro benzene ring substituents is 1. The van der Waals surface area contributed by atoms with Crippen molar-refractivity contribution in [2.75, 3.05) is 5.32 Å². The van der Waals surface area contributed by atoms with E-state index in [0.717, 1.165) is 18.2 Å². The van der Waals surface area contributed by atoms with E-state index in [1.54, 1.807) is 6.07 Å². The molecule has 152 valence electrons. The largest absolute Gasteiger partial charge is 0.416 e. The first-order valence-corrected chi connectivity index (χ1v) is 8.18. The molecule has 2 amide bonds. The van der Waals surface area contributed by atoms with E-state index in [1.165, 1.54) is 30.5 Å². The molecular formula is C18H15F3N4O4. The van der Waals surface area contributed by atoms with Crippen LogP contribution in [0.15, 0.2) is 53.6 Å². The number of benzene rings is 2. The fourth-order valence-electron chi connectivity index (χ4n) is 2.18. The van der Waals surface area contributed by atoms with Crippen molar-refractivity contribution < 1.29 is 27.7 Å². The second-order valence-corrected chi connectivity index (χ2v) is 5.77. The van der Waals surface area contributed by atoms with Gasteiger partial charge in [0.15, 0.2) is 0 Å². The molecule has 2 aromatic rings. The van der Waals surface area contributed by atoms with Gasteiger partial charge in [-0.05, 0) is 18.2 Å². The summed E-state index contributed by atoms with van der Waals surface area (Å²) < 4.78 is 37.9. The highest BCUT2D eigenvalue weighted by atomic mass is 19.4. The van der Waals surface area contributed by atoms with Crippen LogP contribution in [0.2, 0.25) is 0 Å². The third-order valence-electron chi connectivity index (χ3n) is 3.54. The fraction of sp³-hybridized carbons (Fsp3) is 0.167. The summed E-state index contributed by atoms with van der Waals surface area (Å²) in [6.45, 7) is 0. The number of halogens is 3. The van der Waals surface area contributed by atoms with Gasteiger partial charge in [0.25, 0.3) is 5.69 Å². The molecule has 0 unspecified atom stereocenters. The minimum atomic E-state index is -4.53. The summed E-state index contributed by atoms with van der Waals surface area (Å²) in [5.41, 5.74) is 1.48. The molecule has 2 N–H and O–H groups in total. The number of alkyl halides is 3. The van der Waals surface area contributed by atoms with Crippen LogP contribution < -0.4 is 10.7 Å². The number of anilines is 1. The lowest BCUT2D eigenvalue weighted by Crippen LogP contribution is -2.20. The summed E-state index contributed by atoms with van der Waals surface area (Å²) in [7, 11) is 0. The van der Waals surface area contributed by atoms with E-state index in [1.807, 2.05) is 0 Å². The number of nitrogens with one attached hydrogen (secondary N) is 2. The van der Waals surface area contributed by atoms with Gasteiger partial charge in [0, 0.05) is 36.2 Å². The van der Waals surface area contributed by atoms with E-state index in [9.17, 15) is 32.9 Å². The van der Waals surface area contributed by atoms with Crippen LogP contribution in [-0.2, 0) is 15.8 Å². The zero-order valence-electron chi connectivity index (χ0n) is 14.8. The molecule has 0 saturated heterocycles. The van der Waals surface area contributed by atoms with Crippen molar-refractivity contribution in [3.05, 3.63) is 69.8 Å². The van der Waals surface area contributed by atoms with E-state index >= 15 is 0 Å². The van der Waals surface area contributed by atoms with Crippen molar-refractivity contribution >= 4 is 29.4 Å². The summed E-state index contributed by atoms with van der Waals surface area (Å²) >= 11 is 0. The molecule has 0 fully saturated rings. The summed E-state index contributed by atoms with van der Waals surface area (Å²) in [5, 5.41) is 16.6. The van der Waals surface area contributed by atoms with Gasteiger partial charge in [-0.1, -0.05) is 18.2 Å². The van der Waals surface area contributed by atoms with Crippen LogP contribution >= 0.6 is 0 Å². The Balaban J connectivity index is 1.81. The van der Waals surface area contributed by atoms with Gasteiger partial charge in [-0.15, -0.1) is 0 Å². The number of hydrazone groups is 1. The number of carbonyl (C=O) groups is 2. The van der Waals surface area contributed by atoms with Gasteiger partial charge in [-0.2, -0.15) is 18.3 Å². The molecule has 0 aliphatic heterocycles. The Labute approximate surface area is 162 Å². The minimum absolute atomic E-state index is 0.0334. The molecule has 0 bridgehead atoms. The predicted octanol–water partition coefficient (Wildman–Crippen LogP) is 3.48. The van der Waals surface area contributed by atoms with E-state index in [2.05, 4.69) is 15.8 Å². The highest BCUT2D eigenvalue weighted by molar-refractivity contribution is 5.93. The third kappa shape index (κ3) is 7.05. The van der Waals surface area contributed by atoms with E-state index in [-0.39, 0.29) is 24.2 Å². The lowest BCUT2D eigenvalue weighted by Gasteiger charge is -2.09. The van der Waals surface area contributed by atoms with Gasteiger partial charge in [0.1, 0.15) is 0 Å². The molecule has 29 heavy (non-hydrogen) atoms. The lowest BCUT2D eigenvalue weighted by atomic mass is 10.2. The normalized spacial score (nSPS) is 11.3. The zero-order valence-corrected chi connectivity index (χ0v) is 14.8. The molecule has 2 rings (SSSR count). The molecule has 0 aromatic heterocycles. The van der Waals surface area contributed by atoms with Crippen LogP contribution in [0, 0.1) is 10.1 Å². The van der Waals surface area contributed by atoms with Crippen LogP contribution in [0.3, 0.4) is 0 Å². The molecule has 11 heteroatoms. The fourth-order valence-corrected chi connectivity index (χ4v) is 2.18. The topological polar surface area (TPSA) is 114 Å². The van der Waals surface area contributed by atoms with Crippen molar-refractivity contribution in [3.63, 3.8) is 0 Å². The van der Waals surface area contributed by atoms with Crippen molar-refractivity contribution in [2.45, 2.75) is 19.0 Å². The third-order valence-corrected chi connectivity index (χ3v) is 3.54. The van der Waals surface area contributed by atoms with Crippen LogP contribution in [0.5, 0.6) is 0 Å². The monoisotopic (exact) mass is 408 g/mol. The summed E-state index contributed by atoms with van der Waals surface area (Å²) in [5.74, 6) is -1.24. The maximum atomic E-state index is 12.6. The lowest BCUT2D eigenvalue weighted by molar-refractivity contribution is -0.384. The second kappa shape index (κ2) is 9.44. The summed E-state index contributed by atoms with van der Waals surface area (Å²) in [6, 6.07) is 9.70. The van der Waals surface area contributed by atoms with E-state index < -0.39 is 28.5 Å². The van der Waals surface area contributed by atoms with Crippen molar-refractivity contribution in [1.29, 1.82) is 0 Å². The maximum Gasteiger partial charge on any atom is 0.416 e. The molecular weight excluding hydrogens is 393 g/mol. The first-order chi connectivity index (χ1) is 13.6. The van der Waals surface area contributed by atoms with Crippen LogP contribution in [0.4, 0.5) is 24.5 Å². The van der Waals surface area contributed by atoms with E-state index in [4.69, 9.17) is 0 Å². The van der Waals surface area contributed by atoms with Gasteiger partial charge < -0.3 is 5.32 Å². The molecule has 0 atom stereocenters. The van der Waals surface area contributed by atoms with Gasteiger partial charge in [-0.25, -0.2) is 5.43 Å². The predicted molar refractivity (Wildman–Crippen MR) is 98.1 cm³/mol. The Morgan fingerprint density at radius 3 is 2.45 bits per heavy atom. The van der Waals surface area contributed by atoms with Crippen molar-refractivity contribution in [3.8, 4) is 0 Å². The van der Waals surface area contributed by atoms with Gasteiger partial charge in [0.05, 0.1) is 16.7 Å². The first-order valence-electron chi connectivity index (χ1n) is 8.18. The van der Waals surface area contributed by atoms with E-state index in [0.29, 0.717) is 5.56 Å². The molecule has 0 saturated carbocycles. The number of hydrogen-bond donors (Lipinski definition) is 2. The highest BCUT2D eigenvalue weighted by Crippen LogP contribution is 2.30. The van der Waals surface area contributed by atoms with Crippen LogP contribution in [-0.4, -0.2) is 23.0 Å². The van der Waals surface area contributed by atoms with Crippen molar-refractivity contribution in [1.82, 2.24) is 5.43 Å². The number of non-ortho nitro benzene ring substituents is 1. The standard InChI is InChI=1S/C18H15F3N4O4/c19-18(20,21)13-4-2-5-14(10-13)23-16(26)7-8-17(27)24-22-11-12-3-1-6-15(9-12)25(28)29/h1-6,9-11H,7-8H2,(H,23,26)(H,24,27). The molecule has 2 aromatic carbocycles. The highest BCUT2D eigenvalue weighted by Gasteiger charge is 2.30. The molecule has 0 heterocycles. The number of rotatable bonds is 7. The zero-order chi connectivity index (χ0) is 21.4.